The van der Waals surface area contributed by atoms with Crippen LogP contribution in [0.2, 0.25) is 0 Å². The topological polar surface area (TPSA) is 75.7 Å². The van der Waals surface area contributed by atoms with E-state index in [-0.39, 0.29) is 18.9 Å². The molecule has 0 atom stereocenters. The molecule has 1 aliphatic carbocycles. The molecule has 1 amide bonds. The van der Waals surface area contributed by atoms with E-state index in [1.165, 1.54) is 27.1 Å². The first-order valence-electron chi connectivity index (χ1n) is 10.9. The van der Waals surface area contributed by atoms with Gasteiger partial charge in [0, 0.05) is 24.0 Å². The summed E-state index contributed by atoms with van der Waals surface area (Å²) in [4.78, 5) is 12.6. The second-order valence-electron chi connectivity index (χ2n) is 8.03. The highest BCUT2D eigenvalue weighted by molar-refractivity contribution is 7.92. The molecule has 4 rings (SSSR count). The summed E-state index contributed by atoms with van der Waals surface area (Å²) < 4.78 is 31.4. The van der Waals surface area contributed by atoms with E-state index in [2.05, 4.69) is 17.4 Å². The minimum absolute atomic E-state index is 0.121. The van der Waals surface area contributed by atoms with Crippen molar-refractivity contribution in [3.8, 4) is 5.75 Å². The minimum atomic E-state index is -3.47. The van der Waals surface area contributed by atoms with E-state index in [1.807, 2.05) is 25.1 Å². The van der Waals surface area contributed by atoms with Crippen LogP contribution in [0.15, 0.2) is 54.6 Å². The normalized spacial score (nSPS) is 12.7. The van der Waals surface area contributed by atoms with Crippen molar-refractivity contribution in [2.75, 3.05) is 29.0 Å². The lowest BCUT2D eigenvalue weighted by molar-refractivity contribution is -0.116. The van der Waals surface area contributed by atoms with Crippen LogP contribution in [0.25, 0.3) is 10.8 Å². The van der Waals surface area contributed by atoms with Gasteiger partial charge in [-0.15, -0.1) is 0 Å². The largest absolute Gasteiger partial charge is 0.494 e. The Morgan fingerprint density at radius 2 is 1.75 bits per heavy atom. The van der Waals surface area contributed by atoms with Crippen molar-refractivity contribution in [1.29, 1.82) is 0 Å². The van der Waals surface area contributed by atoms with Crippen molar-refractivity contribution in [2.45, 2.75) is 32.6 Å². The van der Waals surface area contributed by atoms with E-state index in [0.717, 1.165) is 23.9 Å². The maximum atomic E-state index is 12.6. The van der Waals surface area contributed by atoms with Gasteiger partial charge in [-0.25, -0.2) is 8.42 Å². The van der Waals surface area contributed by atoms with Crippen molar-refractivity contribution < 1.29 is 17.9 Å². The van der Waals surface area contributed by atoms with E-state index >= 15 is 0 Å². The van der Waals surface area contributed by atoms with Gasteiger partial charge in [0.1, 0.15) is 5.75 Å². The summed E-state index contributed by atoms with van der Waals surface area (Å²) >= 11 is 0. The maximum Gasteiger partial charge on any atom is 0.232 e. The minimum Gasteiger partial charge on any atom is -0.494 e. The third kappa shape index (κ3) is 4.72. The molecule has 1 N–H and O–H groups in total. The molecule has 0 saturated heterocycles. The number of benzene rings is 3. The quantitative estimate of drug-likeness (QED) is 0.518. The van der Waals surface area contributed by atoms with Crippen LogP contribution >= 0.6 is 0 Å². The third-order valence-corrected chi connectivity index (χ3v) is 6.95. The van der Waals surface area contributed by atoms with Crippen LogP contribution in [0.3, 0.4) is 0 Å². The highest BCUT2D eigenvalue weighted by atomic mass is 32.2. The Kier molecular flexibility index (Phi) is 6.37. The monoisotopic (exact) mass is 452 g/mol. The second kappa shape index (κ2) is 9.20. The molecule has 32 heavy (non-hydrogen) atoms. The van der Waals surface area contributed by atoms with E-state index in [4.69, 9.17) is 4.74 Å². The molecule has 0 aromatic heterocycles. The number of aryl methyl sites for hydroxylation is 2. The fourth-order valence-corrected chi connectivity index (χ4v) is 5.28. The van der Waals surface area contributed by atoms with E-state index in [9.17, 15) is 13.2 Å². The van der Waals surface area contributed by atoms with Gasteiger partial charge in [0.05, 0.1) is 18.6 Å². The second-order valence-corrected chi connectivity index (χ2v) is 9.93. The van der Waals surface area contributed by atoms with Crippen molar-refractivity contribution >= 4 is 38.1 Å². The Labute approximate surface area is 189 Å². The number of hydrogen-bond acceptors (Lipinski definition) is 4. The first-order chi connectivity index (χ1) is 15.4. The average Bonchev–Trinajstić information content (AvgIpc) is 3.18. The Morgan fingerprint density at radius 3 is 2.44 bits per heavy atom. The van der Waals surface area contributed by atoms with Gasteiger partial charge in [0.25, 0.3) is 0 Å². The highest BCUT2D eigenvalue weighted by Gasteiger charge is 2.19. The van der Waals surface area contributed by atoms with Crippen LogP contribution in [-0.4, -0.2) is 33.7 Å². The van der Waals surface area contributed by atoms with Crippen LogP contribution in [0, 0.1) is 0 Å². The zero-order valence-electron chi connectivity index (χ0n) is 18.4. The van der Waals surface area contributed by atoms with Crippen molar-refractivity contribution in [1.82, 2.24) is 0 Å². The third-order valence-electron chi connectivity index (χ3n) is 5.75. The zero-order chi connectivity index (χ0) is 22.7. The lowest BCUT2D eigenvalue weighted by Crippen LogP contribution is -2.31. The van der Waals surface area contributed by atoms with Gasteiger partial charge in [0.15, 0.2) is 0 Å². The van der Waals surface area contributed by atoms with Crippen molar-refractivity contribution in [2.24, 2.45) is 0 Å². The zero-order valence-corrected chi connectivity index (χ0v) is 19.2. The predicted molar refractivity (Wildman–Crippen MR) is 129 cm³/mol. The molecule has 1 aliphatic rings. The fraction of sp³-hybridized carbons (Fsp3) is 0.320. The number of rotatable bonds is 9. The number of carbonyl (C=O) groups excluding carboxylic acids is 1. The summed E-state index contributed by atoms with van der Waals surface area (Å²) in [6, 6.07) is 17.2. The molecule has 0 saturated carbocycles. The summed E-state index contributed by atoms with van der Waals surface area (Å²) in [6.07, 6.45) is 3.89. The van der Waals surface area contributed by atoms with Gasteiger partial charge >= 0.3 is 0 Å². The summed E-state index contributed by atoms with van der Waals surface area (Å²) in [6.45, 7) is 2.67. The van der Waals surface area contributed by atoms with E-state index in [0.29, 0.717) is 24.5 Å². The first kappa shape index (κ1) is 22.1. The predicted octanol–water partition coefficient (Wildman–Crippen LogP) is 4.52. The molecule has 0 radical (unpaired) electrons. The van der Waals surface area contributed by atoms with Crippen LogP contribution in [0.1, 0.15) is 30.9 Å². The molecule has 0 heterocycles. The van der Waals surface area contributed by atoms with Crippen LogP contribution in [0.4, 0.5) is 11.4 Å². The SMILES string of the molecule is CCOc1ccc(N(CCCC(=O)Nc2ccc3c4c(cccc24)CC3)S(C)(=O)=O)cc1. The Hall–Kier alpha value is -3.06. The molecule has 0 spiro atoms. The van der Waals surface area contributed by atoms with Crippen molar-refractivity contribution in [3.05, 3.63) is 65.7 Å². The number of hydrogen-bond donors (Lipinski definition) is 1. The number of nitrogens with one attached hydrogen (secondary N) is 1. The number of anilines is 2. The highest BCUT2D eigenvalue weighted by Crippen LogP contribution is 2.35. The Balaban J connectivity index is 1.41. The molecule has 0 fully saturated rings. The number of ether oxygens (including phenoxy) is 1. The first-order valence-corrected chi connectivity index (χ1v) is 12.8. The number of amides is 1. The molecule has 0 aliphatic heterocycles. The van der Waals surface area contributed by atoms with Gasteiger partial charge in [-0.2, -0.15) is 0 Å². The summed E-state index contributed by atoms with van der Waals surface area (Å²) in [5.41, 5.74) is 4.02. The standard InChI is InChI=1S/C25H28N2O4S/c1-3-31-21-14-12-20(13-15-21)27(32(2,29)30)17-5-8-24(28)26-23-16-11-19-10-9-18-6-4-7-22(23)25(18)19/h4,6-7,11-16H,3,5,8-10,17H2,1-2H3,(H,26,28). The molecular weight excluding hydrogens is 424 g/mol. The van der Waals surface area contributed by atoms with Gasteiger partial charge < -0.3 is 10.1 Å². The molecule has 7 heteroatoms. The number of sulfonamides is 1. The van der Waals surface area contributed by atoms with Crippen molar-refractivity contribution in [3.63, 3.8) is 0 Å². The summed E-state index contributed by atoms with van der Waals surface area (Å²) in [5, 5.41) is 5.34. The van der Waals surface area contributed by atoms with Crippen LogP contribution in [0.5, 0.6) is 5.75 Å². The lowest BCUT2D eigenvalue weighted by atomic mass is 10.0. The van der Waals surface area contributed by atoms with Crippen LogP contribution in [-0.2, 0) is 27.7 Å². The van der Waals surface area contributed by atoms with Gasteiger partial charge in [-0.05, 0) is 73.0 Å². The average molecular weight is 453 g/mol. The van der Waals surface area contributed by atoms with Gasteiger partial charge in [0.2, 0.25) is 15.9 Å². The molecule has 3 aromatic carbocycles. The molecule has 3 aromatic rings. The molecule has 0 bridgehead atoms. The lowest BCUT2D eigenvalue weighted by Gasteiger charge is -2.22. The Morgan fingerprint density at radius 1 is 1.03 bits per heavy atom. The van der Waals surface area contributed by atoms with E-state index in [1.54, 1.807) is 24.3 Å². The molecular formula is C25H28N2O4S. The van der Waals surface area contributed by atoms with Gasteiger partial charge in [-0.1, -0.05) is 24.3 Å². The smallest absolute Gasteiger partial charge is 0.232 e. The fourth-order valence-electron chi connectivity index (χ4n) is 4.31. The summed E-state index contributed by atoms with van der Waals surface area (Å²) in [7, 11) is -3.47. The number of nitrogens with zero attached hydrogens (tertiary/aromatic N) is 1. The Bertz CT molecular complexity index is 1230. The summed E-state index contributed by atoms with van der Waals surface area (Å²) in [5.74, 6) is 0.568. The van der Waals surface area contributed by atoms with E-state index < -0.39 is 10.0 Å². The van der Waals surface area contributed by atoms with Crippen LogP contribution < -0.4 is 14.4 Å². The van der Waals surface area contributed by atoms with Gasteiger partial charge in [-0.3, -0.25) is 9.10 Å². The number of carbonyl (C=O) groups is 1. The molecule has 6 nitrogen and oxygen atoms in total. The molecule has 0 unspecified atom stereocenters. The molecule has 168 valence electrons. The maximum absolute atomic E-state index is 12.6.